The second-order valence-corrected chi connectivity index (χ2v) is 6.72. The van der Waals surface area contributed by atoms with Crippen molar-refractivity contribution in [2.45, 2.75) is 52.1 Å². The van der Waals surface area contributed by atoms with Gasteiger partial charge in [0.15, 0.2) is 0 Å². The molecule has 3 heteroatoms. The van der Waals surface area contributed by atoms with Gasteiger partial charge in [-0.25, -0.2) is 0 Å². The van der Waals surface area contributed by atoms with E-state index in [2.05, 4.69) is 32.9 Å². The third kappa shape index (κ3) is 2.00. The topological polar surface area (TPSA) is 39.4 Å². The van der Waals surface area contributed by atoms with Crippen molar-refractivity contribution >= 4 is 5.97 Å². The molecule has 108 valence electrons. The number of furan rings is 1. The molecule has 0 N–H and O–H groups in total. The maximum atomic E-state index is 11.3. The lowest BCUT2D eigenvalue weighted by atomic mass is 9.59. The monoisotopic (exact) mass is 274 g/mol. The van der Waals surface area contributed by atoms with Gasteiger partial charge in [-0.15, -0.1) is 0 Å². The van der Waals surface area contributed by atoms with E-state index in [9.17, 15) is 4.79 Å². The van der Waals surface area contributed by atoms with Crippen LogP contribution in [-0.4, -0.2) is 12.1 Å². The van der Waals surface area contributed by atoms with Crippen LogP contribution in [0.2, 0.25) is 0 Å². The Kier molecular flexibility index (Phi) is 3.03. The van der Waals surface area contributed by atoms with Gasteiger partial charge in [-0.2, -0.15) is 0 Å². The first kappa shape index (κ1) is 13.5. The predicted octanol–water partition coefficient (Wildman–Crippen LogP) is 3.63. The number of carbonyl (C=O) groups excluding carboxylic acids is 1. The van der Waals surface area contributed by atoms with Gasteiger partial charge in [-0.1, -0.05) is 19.9 Å². The Hall–Kier alpha value is -1.51. The third-order valence-electron chi connectivity index (χ3n) is 4.99. The molecule has 0 unspecified atom stereocenters. The van der Waals surface area contributed by atoms with Crippen molar-refractivity contribution in [1.29, 1.82) is 0 Å². The van der Waals surface area contributed by atoms with Crippen LogP contribution in [0.5, 0.6) is 0 Å². The molecule has 0 saturated carbocycles. The van der Waals surface area contributed by atoms with E-state index in [0.29, 0.717) is 11.8 Å². The molecule has 0 fully saturated rings. The molecule has 0 bridgehead atoms. The van der Waals surface area contributed by atoms with Crippen LogP contribution >= 0.6 is 0 Å². The minimum absolute atomic E-state index is 0.0165. The minimum Gasteiger partial charge on any atom is -0.468 e. The summed E-state index contributed by atoms with van der Waals surface area (Å²) in [6.45, 7) is 8.04. The minimum atomic E-state index is -0.200. The molecule has 1 aromatic heterocycles. The summed E-state index contributed by atoms with van der Waals surface area (Å²) in [6, 6.07) is 2.09. The molecule has 3 atom stereocenters. The largest absolute Gasteiger partial charge is 0.468 e. The van der Waals surface area contributed by atoms with Gasteiger partial charge in [0.05, 0.1) is 6.26 Å². The molecule has 0 amide bonds. The second-order valence-electron chi connectivity index (χ2n) is 6.72. The first-order chi connectivity index (χ1) is 9.39. The number of carbonyl (C=O) groups is 1. The van der Waals surface area contributed by atoms with Gasteiger partial charge < -0.3 is 9.15 Å². The fourth-order valence-electron chi connectivity index (χ4n) is 4.01. The van der Waals surface area contributed by atoms with Crippen molar-refractivity contribution < 1.29 is 13.9 Å². The van der Waals surface area contributed by atoms with E-state index < -0.39 is 0 Å². The predicted molar refractivity (Wildman–Crippen MR) is 76.3 cm³/mol. The smallest absolute Gasteiger partial charge is 0.303 e. The average molecular weight is 274 g/mol. The van der Waals surface area contributed by atoms with E-state index in [1.165, 1.54) is 18.1 Å². The fraction of sp³-hybridized carbons (Fsp3) is 0.588. The number of fused-ring (bicyclic) bond motifs is 2. The van der Waals surface area contributed by atoms with Gasteiger partial charge in [-0.3, -0.25) is 4.79 Å². The Bertz CT molecular complexity index is 565. The van der Waals surface area contributed by atoms with Crippen LogP contribution in [0.15, 0.2) is 28.4 Å². The third-order valence-corrected chi connectivity index (χ3v) is 4.99. The van der Waals surface area contributed by atoms with E-state index >= 15 is 0 Å². The zero-order chi connectivity index (χ0) is 14.5. The van der Waals surface area contributed by atoms with E-state index in [1.807, 2.05) is 0 Å². The maximum absolute atomic E-state index is 11.3. The SMILES string of the molecule is CC(=O)O[C@H]1C[C@@H]2[C@H](C=C1C)Cc1ccoc1C2(C)C. The number of rotatable bonds is 1. The van der Waals surface area contributed by atoms with Crippen LogP contribution in [0.1, 0.15) is 45.4 Å². The van der Waals surface area contributed by atoms with Gasteiger partial charge >= 0.3 is 5.97 Å². The molecule has 0 spiro atoms. The van der Waals surface area contributed by atoms with Crippen molar-refractivity contribution in [2.24, 2.45) is 11.8 Å². The molecule has 0 aromatic carbocycles. The summed E-state index contributed by atoms with van der Waals surface area (Å²) in [5.41, 5.74) is 2.49. The molecule has 20 heavy (non-hydrogen) atoms. The van der Waals surface area contributed by atoms with Gasteiger partial charge in [0.2, 0.25) is 0 Å². The highest BCUT2D eigenvalue weighted by Gasteiger charge is 2.47. The van der Waals surface area contributed by atoms with Crippen LogP contribution in [-0.2, 0) is 21.4 Å². The fourth-order valence-corrected chi connectivity index (χ4v) is 4.01. The summed E-state index contributed by atoms with van der Waals surface area (Å²) in [5.74, 6) is 1.87. The first-order valence-corrected chi connectivity index (χ1v) is 7.32. The van der Waals surface area contributed by atoms with Gasteiger partial charge in [0.25, 0.3) is 0 Å². The summed E-state index contributed by atoms with van der Waals surface area (Å²) < 4.78 is 11.2. The van der Waals surface area contributed by atoms with E-state index in [1.54, 1.807) is 6.26 Å². The highest BCUT2D eigenvalue weighted by Crippen LogP contribution is 2.50. The molecular formula is C17H22O3. The number of esters is 1. The highest BCUT2D eigenvalue weighted by molar-refractivity contribution is 5.66. The molecule has 2 aliphatic rings. The lowest BCUT2D eigenvalue weighted by molar-refractivity contribution is -0.146. The zero-order valence-electron chi connectivity index (χ0n) is 12.6. The van der Waals surface area contributed by atoms with E-state index in [4.69, 9.17) is 9.15 Å². The molecule has 3 rings (SSSR count). The van der Waals surface area contributed by atoms with Crippen molar-refractivity contribution in [1.82, 2.24) is 0 Å². The molecule has 0 aliphatic heterocycles. The normalized spacial score (nSPS) is 31.0. The van der Waals surface area contributed by atoms with E-state index in [-0.39, 0.29) is 17.5 Å². The molecule has 3 nitrogen and oxygen atoms in total. The lowest BCUT2D eigenvalue weighted by Gasteiger charge is -2.46. The summed E-state index contributed by atoms with van der Waals surface area (Å²) >= 11 is 0. The second kappa shape index (κ2) is 4.51. The number of allylic oxidation sites excluding steroid dienone is 1. The van der Waals surface area contributed by atoms with Crippen LogP contribution in [0.3, 0.4) is 0 Å². The van der Waals surface area contributed by atoms with Crippen LogP contribution in [0.25, 0.3) is 0 Å². The Labute approximate surface area is 120 Å². The molecule has 2 aliphatic carbocycles. The number of ether oxygens (including phenoxy) is 1. The Morgan fingerprint density at radius 3 is 2.90 bits per heavy atom. The van der Waals surface area contributed by atoms with Crippen molar-refractivity contribution in [3.8, 4) is 0 Å². The lowest BCUT2D eigenvalue weighted by Crippen LogP contribution is -2.44. The van der Waals surface area contributed by atoms with E-state index in [0.717, 1.165) is 18.6 Å². The van der Waals surface area contributed by atoms with Crippen molar-refractivity contribution in [2.75, 3.05) is 0 Å². The standard InChI is InChI=1S/C17H22O3/c1-10-7-13-8-12-5-6-19-16(12)17(3,4)14(13)9-15(10)20-11(2)18/h5-7,13-15H,8-9H2,1-4H3/t13-,14-,15+/m1/s1. The zero-order valence-corrected chi connectivity index (χ0v) is 12.6. The summed E-state index contributed by atoms with van der Waals surface area (Å²) in [4.78, 5) is 11.3. The number of hydrogen-bond acceptors (Lipinski definition) is 3. The average Bonchev–Trinajstić information content (AvgIpc) is 2.80. The Balaban J connectivity index is 1.96. The molecular weight excluding hydrogens is 252 g/mol. The van der Waals surface area contributed by atoms with Crippen LogP contribution in [0.4, 0.5) is 0 Å². The Morgan fingerprint density at radius 1 is 1.45 bits per heavy atom. The summed E-state index contributed by atoms with van der Waals surface area (Å²) in [5, 5.41) is 0. The van der Waals surface area contributed by atoms with Crippen LogP contribution < -0.4 is 0 Å². The van der Waals surface area contributed by atoms with Gasteiger partial charge in [-0.05, 0) is 48.8 Å². The Morgan fingerprint density at radius 2 is 2.20 bits per heavy atom. The van der Waals surface area contributed by atoms with Crippen LogP contribution in [0, 0.1) is 11.8 Å². The van der Waals surface area contributed by atoms with Crippen molar-refractivity contribution in [3.63, 3.8) is 0 Å². The molecule has 1 heterocycles. The number of hydrogen-bond donors (Lipinski definition) is 0. The maximum Gasteiger partial charge on any atom is 0.303 e. The molecule has 1 aromatic rings. The quantitative estimate of drug-likeness (QED) is 0.580. The molecule has 0 saturated heterocycles. The summed E-state index contributed by atoms with van der Waals surface area (Å²) in [7, 11) is 0. The van der Waals surface area contributed by atoms with Gasteiger partial charge in [0.1, 0.15) is 11.9 Å². The highest BCUT2D eigenvalue weighted by atomic mass is 16.5. The van der Waals surface area contributed by atoms with Gasteiger partial charge in [0, 0.05) is 12.3 Å². The summed E-state index contributed by atoms with van der Waals surface area (Å²) in [6.07, 6.45) is 5.94. The van der Waals surface area contributed by atoms with Crippen molar-refractivity contribution in [3.05, 3.63) is 35.3 Å². The first-order valence-electron chi connectivity index (χ1n) is 7.32. The molecule has 0 radical (unpaired) electrons.